The third kappa shape index (κ3) is 9.11. The van der Waals surface area contributed by atoms with Gasteiger partial charge in [-0.3, -0.25) is 0 Å². The lowest BCUT2D eigenvalue weighted by atomic mass is 9.97. The minimum absolute atomic E-state index is 0.311. The van der Waals surface area contributed by atoms with Crippen molar-refractivity contribution in [3.63, 3.8) is 0 Å². The average molecular weight is 510 g/mol. The number of hydrogen-bond acceptors (Lipinski definition) is 11. The second-order valence-electron chi connectivity index (χ2n) is 9.36. The first-order chi connectivity index (χ1) is 16.8. The first-order valence-corrected chi connectivity index (χ1v) is 12.9. The van der Waals surface area contributed by atoms with Crippen LogP contribution in [0.1, 0.15) is 64.7 Å². The predicted molar refractivity (Wildman–Crippen MR) is 124 cm³/mol. The van der Waals surface area contributed by atoms with E-state index in [1.165, 1.54) is 25.7 Å². The number of ether oxygens (including phenoxy) is 4. The highest BCUT2D eigenvalue weighted by molar-refractivity contribution is 4.94. The van der Waals surface area contributed by atoms with Crippen LogP contribution in [0.25, 0.3) is 0 Å². The van der Waals surface area contributed by atoms with Crippen molar-refractivity contribution in [3.8, 4) is 0 Å². The van der Waals surface area contributed by atoms with E-state index in [-0.39, 0.29) is 0 Å². The molecule has 2 rings (SSSR count). The van der Waals surface area contributed by atoms with Gasteiger partial charge in [0.2, 0.25) is 0 Å². The molecule has 208 valence electrons. The molecule has 2 fully saturated rings. The zero-order chi connectivity index (χ0) is 25.8. The molecule has 11 nitrogen and oxygen atoms in total. The Morgan fingerprint density at radius 2 is 1.26 bits per heavy atom. The Balaban J connectivity index is 1.74. The van der Waals surface area contributed by atoms with Crippen LogP contribution in [0.5, 0.6) is 0 Å². The Morgan fingerprint density at radius 3 is 1.91 bits per heavy atom. The predicted octanol–water partition coefficient (Wildman–Crippen LogP) is -0.638. The Labute approximate surface area is 207 Å². The molecule has 2 aliphatic heterocycles. The molecule has 2 aliphatic rings. The molecule has 0 aromatic carbocycles. The fourth-order valence-electron chi connectivity index (χ4n) is 4.32. The second-order valence-corrected chi connectivity index (χ2v) is 9.36. The van der Waals surface area contributed by atoms with Gasteiger partial charge in [-0.25, -0.2) is 0 Å². The number of hydrogen-bond donors (Lipinski definition) is 7. The van der Waals surface area contributed by atoms with Crippen molar-refractivity contribution < 1.29 is 54.7 Å². The van der Waals surface area contributed by atoms with E-state index in [4.69, 9.17) is 18.9 Å². The van der Waals surface area contributed by atoms with E-state index >= 15 is 0 Å². The molecule has 0 bridgehead atoms. The summed E-state index contributed by atoms with van der Waals surface area (Å²) in [5.41, 5.74) is 0. The molecule has 11 heteroatoms. The van der Waals surface area contributed by atoms with Crippen LogP contribution in [-0.2, 0) is 18.9 Å². The fraction of sp³-hybridized carbons (Fsp3) is 0.958. The van der Waals surface area contributed by atoms with Crippen molar-refractivity contribution in [2.24, 2.45) is 0 Å². The lowest BCUT2D eigenvalue weighted by molar-refractivity contribution is -0.359. The normalized spacial score (nSPS) is 38.1. The SMILES string of the molecule is CCCCC[CH-]CCCCCCO[C@@H]1O[C@H](CO)[C@@H](O[C@H]2O[C@H](CO)[C@@H](O)[C@H](O)[C@H]2O)[C@H](O)[C@H]1O. The first kappa shape index (κ1) is 30.8. The highest BCUT2D eigenvalue weighted by Crippen LogP contribution is 2.29. The van der Waals surface area contributed by atoms with Crippen LogP contribution in [0.4, 0.5) is 0 Å². The first-order valence-electron chi connectivity index (χ1n) is 12.9. The number of aliphatic hydroxyl groups is 7. The quantitative estimate of drug-likeness (QED) is 0.104. The van der Waals surface area contributed by atoms with Crippen molar-refractivity contribution in [1.29, 1.82) is 0 Å². The molecule has 35 heavy (non-hydrogen) atoms. The van der Waals surface area contributed by atoms with Crippen LogP contribution < -0.4 is 0 Å². The molecule has 0 aromatic rings. The van der Waals surface area contributed by atoms with Gasteiger partial charge in [-0.1, -0.05) is 45.4 Å². The maximum atomic E-state index is 10.6. The number of aliphatic hydroxyl groups excluding tert-OH is 7. The zero-order valence-corrected chi connectivity index (χ0v) is 20.6. The van der Waals surface area contributed by atoms with Gasteiger partial charge in [0.15, 0.2) is 12.6 Å². The summed E-state index contributed by atoms with van der Waals surface area (Å²) >= 11 is 0. The maximum absolute atomic E-state index is 10.6. The van der Waals surface area contributed by atoms with Gasteiger partial charge in [-0.15, -0.1) is 0 Å². The molecule has 0 unspecified atom stereocenters. The van der Waals surface area contributed by atoms with Gasteiger partial charge in [0.1, 0.15) is 48.8 Å². The summed E-state index contributed by atoms with van der Waals surface area (Å²) in [5.74, 6) is 0. The molecule has 0 aliphatic carbocycles. The van der Waals surface area contributed by atoms with Gasteiger partial charge in [-0.05, 0) is 6.42 Å². The lowest BCUT2D eigenvalue weighted by Crippen LogP contribution is -2.64. The molecule has 2 heterocycles. The highest BCUT2D eigenvalue weighted by atomic mass is 16.7. The summed E-state index contributed by atoms with van der Waals surface area (Å²) in [4.78, 5) is 0. The number of rotatable bonds is 16. The van der Waals surface area contributed by atoms with Crippen molar-refractivity contribution in [2.45, 2.75) is 126 Å². The topological polar surface area (TPSA) is 179 Å². The van der Waals surface area contributed by atoms with Crippen LogP contribution >= 0.6 is 0 Å². The molecule has 2 saturated heterocycles. The summed E-state index contributed by atoms with van der Waals surface area (Å²) < 4.78 is 22.0. The van der Waals surface area contributed by atoms with E-state index in [1.54, 1.807) is 0 Å². The Morgan fingerprint density at radius 1 is 0.657 bits per heavy atom. The molecule has 10 atom stereocenters. The minimum atomic E-state index is -1.70. The highest BCUT2D eigenvalue weighted by Gasteiger charge is 2.50. The maximum Gasteiger partial charge on any atom is 0.187 e. The van der Waals surface area contributed by atoms with Crippen LogP contribution in [0.3, 0.4) is 0 Å². The van der Waals surface area contributed by atoms with E-state index in [0.717, 1.165) is 32.1 Å². The van der Waals surface area contributed by atoms with E-state index in [2.05, 4.69) is 13.3 Å². The van der Waals surface area contributed by atoms with E-state index in [0.29, 0.717) is 6.61 Å². The van der Waals surface area contributed by atoms with Gasteiger partial charge >= 0.3 is 0 Å². The van der Waals surface area contributed by atoms with Gasteiger partial charge in [-0.2, -0.15) is 12.8 Å². The van der Waals surface area contributed by atoms with Crippen LogP contribution in [0, 0.1) is 6.42 Å². The van der Waals surface area contributed by atoms with Gasteiger partial charge < -0.3 is 61.1 Å². The third-order valence-electron chi connectivity index (χ3n) is 6.56. The summed E-state index contributed by atoms with van der Waals surface area (Å²) in [7, 11) is 0. The summed E-state index contributed by atoms with van der Waals surface area (Å²) in [6.07, 6.45) is -2.06. The summed E-state index contributed by atoms with van der Waals surface area (Å²) in [6, 6.07) is 0. The molecular weight excluding hydrogens is 464 g/mol. The standard InChI is InChI=1S/C24H45O11/c1-2-3-4-5-6-7-8-9-10-11-12-32-23-21(31)19(29)22(16(14-26)34-23)35-24-20(30)18(28)17(27)15(13-25)33-24/h6,15-31H,2-5,7-14H2,1H3/q-1/t15-,16-,17-,18+,19-,20-,21-,22-,23-,24-/m1/s1. The summed E-state index contributed by atoms with van der Waals surface area (Å²) in [6.45, 7) is 1.28. The fourth-order valence-corrected chi connectivity index (χ4v) is 4.32. The van der Waals surface area contributed by atoms with E-state index in [1.807, 2.05) is 0 Å². The van der Waals surface area contributed by atoms with Crippen LogP contribution in [0.15, 0.2) is 0 Å². The van der Waals surface area contributed by atoms with Gasteiger partial charge in [0.25, 0.3) is 0 Å². The Bertz CT molecular complexity index is 550. The van der Waals surface area contributed by atoms with E-state index in [9.17, 15) is 35.7 Å². The average Bonchev–Trinajstić information content (AvgIpc) is 2.86. The molecule has 0 aromatic heterocycles. The molecule has 0 spiro atoms. The Kier molecular flexibility index (Phi) is 14.4. The van der Waals surface area contributed by atoms with E-state index < -0.39 is 74.6 Å². The smallest absolute Gasteiger partial charge is 0.187 e. The van der Waals surface area contributed by atoms with Crippen molar-refractivity contribution in [3.05, 3.63) is 6.42 Å². The number of unbranched alkanes of at least 4 members (excludes halogenated alkanes) is 9. The van der Waals surface area contributed by atoms with Crippen LogP contribution in [0.2, 0.25) is 0 Å². The molecule has 0 radical (unpaired) electrons. The lowest BCUT2D eigenvalue weighted by Gasteiger charge is -2.45. The van der Waals surface area contributed by atoms with Crippen LogP contribution in [-0.4, -0.2) is 117 Å². The van der Waals surface area contributed by atoms with Crippen molar-refractivity contribution in [2.75, 3.05) is 19.8 Å². The Hall–Kier alpha value is -0.440. The van der Waals surface area contributed by atoms with Crippen molar-refractivity contribution >= 4 is 0 Å². The van der Waals surface area contributed by atoms with Crippen molar-refractivity contribution in [1.82, 2.24) is 0 Å². The molecular formula is C24H45O11-. The molecule has 0 amide bonds. The monoisotopic (exact) mass is 509 g/mol. The summed E-state index contributed by atoms with van der Waals surface area (Å²) in [5, 5.41) is 70.1. The second kappa shape index (κ2) is 16.4. The zero-order valence-electron chi connectivity index (χ0n) is 20.6. The van der Waals surface area contributed by atoms with Gasteiger partial charge in [0, 0.05) is 6.61 Å². The molecule has 7 N–H and O–H groups in total. The molecule has 0 saturated carbocycles. The largest absolute Gasteiger partial charge is 0.394 e. The van der Waals surface area contributed by atoms with Gasteiger partial charge in [0.05, 0.1) is 13.2 Å². The minimum Gasteiger partial charge on any atom is -0.394 e. The third-order valence-corrected chi connectivity index (χ3v) is 6.56.